The van der Waals surface area contributed by atoms with Crippen molar-refractivity contribution in [3.8, 4) is 0 Å². The molecule has 2 rings (SSSR count). The molecule has 1 atom stereocenters. The molecular weight excluding hydrogens is 283 g/mol. The number of carbonyl (C=O) groups excluding carboxylic acids is 1. The number of rotatable bonds is 2. The Labute approximate surface area is 85.9 Å². The van der Waals surface area contributed by atoms with Crippen LogP contribution in [0.1, 0.15) is 19.8 Å². The minimum atomic E-state index is -0.680. The first-order valence-electron chi connectivity index (χ1n) is 3.84. The number of halogens is 1. The van der Waals surface area contributed by atoms with Crippen LogP contribution in [0.5, 0.6) is 0 Å². The van der Waals surface area contributed by atoms with Crippen molar-refractivity contribution in [3.63, 3.8) is 0 Å². The first-order chi connectivity index (χ1) is 6.31. The molecular formula is C9H8IO3-. The molecule has 3 nitrogen and oxygen atoms in total. The fourth-order valence-corrected chi connectivity index (χ4v) is 2.79. The Morgan fingerprint density at radius 1 is 1.62 bits per heavy atom. The zero-order chi connectivity index (χ0) is 9.26. The molecule has 1 aliphatic rings. The van der Waals surface area contributed by atoms with Gasteiger partial charge in [-0.25, -0.2) is 0 Å². The van der Waals surface area contributed by atoms with Crippen LogP contribution in [0.25, 0.3) is 0 Å². The molecule has 1 aromatic carbocycles. The van der Waals surface area contributed by atoms with Crippen molar-refractivity contribution in [1.29, 1.82) is 0 Å². The summed E-state index contributed by atoms with van der Waals surface area (Å²) in [7, 11) is 0. The molecule has 1 unspecified atom stereocenters. The molecule has 0 spiro atoms. The van der Waals surface area contributed by atoms with Gasteiger partial charge >= 0.3 is 85.9 Å². The molecule has 4 heteroatoms. The number of benzene rings is 1. The summed E-state index contributed by atoms with van der Waals surface area (Å²) in [5.74, 6) is -0.680. The van der Waals surface area contributed by atoms with Gasteiger partial charge in [-0.3, -0.25) is 0 Å². The molecule has 1 N–H and O–H groups in total. The van der Waals surface area contributed by atoms with E-state index in [1.807, 2.05) is 12.1 Å². The minimum absolute atomic E-state index is 0.344. The van der Waals surface area contributed by atoms with Gasteiger partial charge in [0.05, 0.1) is 0 Å². The molecule has 1 heterocycles. The topological polar surface area (TPSA) is 46.5 Å². The Morgan fingerprint density at radius 2 is 2.38 bits per heavy atom. The quantitative estimate of drug-likeness (QED) is 0.311. The molecule has 1 fully saturated rings. The van der Waals surface area contributed by atoms with Crippen LogP contribution in [0.4, 0.5) is 0 Å². The van der Waals surface area contributed by atoms with Crippen molar-refractivity contribution in [2.75, 3.05) is 4.43 Å². The molecule has 0 saturated carbocycles. The van der Waals surface area contributed by atoms with E-state index >= 15 is 0 Å². The van der Waals surface area contributed by atoms with Crippen LogP contribution in [-0.4, -0.2) is 15.7 Å². The van der Waals surface area contributed by atoms with Gasteiger partial charge < -0.3 is 0 Å². The molecule has 0 radical (unpaired) electrons. The molecule has 1 aliphatic heterocycles. The van der Waals surface area contributed by atoms with Gasteiger partial charge in [-0.2, -0.15) is 0 Å². The second-order valence-corrected chi connectivity index (χ2v) is 6.05. The number of hydrogen-bond acceptors (Lipinski definition) is 3. The molecule has 0 bridgehead atoms. The van der Waals surface area contributed by atoms with E-state index in [0.29, 0.717) is 30.7 Å². The van der Waals surface area contributed by atoms with E-state index in [0.717, 1.165) is 0 Å². The fraction of sp³-hybridized carbons (Fsp3) is 0.222. The van der Waals surface area contributed by atoms with E-state index in [4.69, 9.17) is 5.26 Å². The molecule has 13 heavy (non-hydrogen) atoms. The Kier molecular flexibility index (Phi) is 2.50. The summed E-state index contributed by atoms with van der Waals surface area (Å²) in [6, 6.07) is 7.29. The third-order valence-electron chi connectivity index (χ3n) is 1.88. The van der Waals surface area contributed by atoms with Gasteiger partial charge in [-0.05, 0) is 0 Å². The van der Waals surface area contributed by atoms with Gasteiger partial charge in [0.25, 0.3) is 0 Å². The fourth-order valence-electron chi connectivity index (χ4n) is 1.14. The number of alkyl halides is 2. The summed E-state index contributed by atoms with van der Waals surface area (Å²) in [5.41, 5.74) is 1.63. The van der Waals surface area contributed by atoms with Crippen molar-refractivity contribution in [2.24, 2.45) is 0 Å². The SMILES string of the molecule is O=C(OO)c1cccc(C2C[I-]2)c1. The Hall–Kier alpha value is -0.620. The predicted molar refractivity (Wildman–Crippen MR) is 42.1 cm³/mol. The maximum absolute atomic E-state index is 10.9. The van der Waals surface area contributed by atoms with Crippen molar-refractivity contribution >= 4 is 5.97 Å². The van der Waals surface area contributed by atoms with Crippen LogP contribution >= 0.6 is 0 Å². The Balaban J connectivity index is 2.26. The second-order valence-electron chi connectivity index (χ2n) is 2.78. The summed E-state index contributed by atoms with van der Waals surface area (Å²) >= 11 is 0.344. The van der Waals surface area contributed by atoms with Gasteiger partial charge in [0, 0.05) is 0 Å². The molecule has 0 aliphatic carbocycles. The summed E-state index contributed by atoms with van der Waals surface area (Å²) < 4.78 is 2.02. The van der Waals surface area contributed by atoms with Gasteiger partial charge in [0.1, 0.15) is 0 Å². The van der Waals surface area contributed by atoms with E-state index < -0.39 is 5.97 Å². The molecule has 0 amide bonds. The summed E-state index contributed by atoms with van der Waals surface area (Å²) in [5, 5.41) is 8.19. The van der Waals surface area contributed by atoms with Gasteiger partial charge in [0.15, 0.2) is 0 Å². The summed E-state index contributed by atoms with van der Waals surface area (Å²) in [4.78, 5) is 14.6. The zero-order valence-electron chi connectivity index (χ0n) is 6.74. The van der Waals surface area contributed by atoms with Crippen molar-refractivity contribution in [3.05, 3.63) is 35.4 Å². The monoisotopic (exact) mass is 291 g/mol. The molecule has 1 aromatic rings. The van der Waals surface area contributed by atoms with Crippen LogP contribution < -0.4 is 21.2 Å². The van der Waals surface area contributed by atoms with Gasteiger partial charge in [-0.1, -0.05) is 0 Å². The van der Waals surface area contributed by atoms with E-state index in [-0.39, 0.29) is 0 Å². The third kappa shape index (κ3) is 2.00. The first kappa shape index (κ1) is 8.96. The normalized spacial score (nSPS) is 20.2. The van der Waals surface area contributed by atoms with Crippen molar-refractivity contribution < 1.29 is 36.1 Å². The van der Waals surface area contributed by atoms with Crippen molar-refractivity contribution in [1.82, 2.24) is 0 Å². The first-order valence-corrected chi connectivity index (χ1v) is 6.62. The second kappa shape index (κ2) is 3.63. The number of carbonyl (C=O) groups is 1. The van der Waals surface area contributed by atoms with Gasteiger partial charge in [-0.15, -0.1) is 0 Å². The Bertz CT molecular complexity index is 333. The summed E-state index contributed by atoms with van der Waals surface area (Å²) in [6.07, 6.45) is 0. The zero-order valence-corrected chi connectivity index (χ0v) is 8.89. The molecule has 1 saturated heterocycles. The van der Waals surface area contributed by atoms with Crippen LogP contribution in [0.2, 0.25) is 0 Å². The van der Waals surface area contributed by atoms with Crippen LogP contribution in [0.15, 0.2) is 24.3 Å². The van der Waals surface area contributed by atoms with E-state index in [9.17, 15) is 4.79 Å². The van der Waals surface area contributed by atoms with Gasteiger partial charge in [0.2, 0.25) is 0 Å². The average molecular weight is 291 g/mol. The average Bonchev–Trinajstić information content (AvgIpc) is 3.00. The van der Waals surface area contributed by atoms with E-state index in [2.05, 4.69) is 4.89 Å². The molecule has 70 valence electrons. The third-order valence-corrected chi connectivity index (χ3v) is 4.36. The van der Waals surface area contributed by atoms with E-state index in [1.54, 1.807) is 12.1 Å². The van der Waals surface area contributed by atoms with Crippen LogP contribution in [-0.2, 0) is 4.89 Å². The number of hydrogen-bond donors (Lipinski definition) is 1. The van der Waals surface area contributed by atoms with Crippen molar-refractivity contribution in [2.45, 2.75) is 3.92 Å². The molecule has 0 aromatic heterocycles. The predicted octanol–water partition coefficient (Wildman–Crippen LogP) is -1.54. The van der Waals surface area contributed by atoms with Crippen LogP contribution in [0.3, 0.4) is 0 Å². The Morgan fingerprint density at radius 3 is 3.00 bits per heavy atom. The maximum atomic E-state index is 10.9. The van der Waals surface area contributed by atoms with Crippen LogP contribution in [0, 0.1) is 0 Å². The van der Waals surface area contributed by atoms with E-state index in [1.165, 1.54) is 9.99 Å². The standard InChI is InChI=1S/C9H8IO3/c11-9(13-12)7-3-1-2-6(4-7)8-5-10-8/h1-4,8,12H,5H2/q-1. The summed E-state index contributed by atoms with van der Waals surface area (Å²) in [6.45, 7) is 0.